The van der Waals surface area contributed by atoms with Gasteiger partial charge in [-0.2, -0.15) is 0 Å². The number of rotatable bonds is 4. The first kappa shape index (κ1) is 13.3. The van der Waals surface area contributed by atoms with Crippen molar-refractivity contribution in [2.45, 2.75) is 20.3 Å². The molecule has 0 saturated carbocycles. The van der Waals surface area contributed by atoms with Gasteiger partial charge in [0.1, 0.15) is 0 Å². The normalized spacial score (nSPS) is 15.0. The van der Waals surface area contributed by atoms with Crippen LogP contribution in [-0.2, 0) is 10.0 Å². The van der Waals surface area contributed by atoms with Crippen molar-refractivity contribution in [3.8, 4) is 0 Å². The van der Waals surface area contributed by atoms with Crippen molar-refractivity contribution in [1.29, 1.82) is 0 Å². The van der Waals surface area contributed by atoms with Gasteiger partial charge in [-0.25, -0.2) is 12.7 Å². The first-order chi connectivity index (χ1) is 6.37. The maximum Gasteiger partial charge on any atom is 0.244 e. The van der Waals surface area contributed by atoms with E-state index in [0.717, 1.165) is 5.57 Å². The van der Waals surface area contributed by atoms with E-state index < -0.39 is 10.0 Å². The van der Waals surface area contributed by atoms with Crippen molar-refractivity contribution >= 4 is 16.2 Å². The molecule has 0 heterocycles. The Morgan fingerprint density at radius 3 is 2.21 bits per heavy atom. The average molecular weight is 218 g/mol. The molecule has 14 heavy (non-hydrogen) atoms. The van der Waals surface area contributed by atoms with Crippen LogP contribution < -0.4 is 0 Å². The van der Waals surface area contributed by atoms with E-state index in [2.05, 4.69) is 4.99 Å². The Kier molecular flexibility index (Phi) is 5.01. The van der Waals surface area contributed by atoms with E-state index in [-0.39, 0.29) is 0 Å². The van der Waals surface area contributed by atoms with Crippen molar-refractivity contribution in [2.24, 2.45) is 4.99 Å². The number of aliphatic imine (C=N–C) groups is 1. The van der Waals surface area contributed by atoms with Crippen LogP contribution in [0.1, 0.15) is 20.3 Å². The third-order valence-electron chi connectivity index (χ3n) is 1.96. The minimum absolute atomic E-state index is 0.299. The fraction of sp³-hybridized carbons (Fsp3) is 0.667. The summed E-state index contributed by atoms with van der Waals surface area (Å²) in [5.41, 5.74) is 0.823. The molecule has 0 aromatic carbocycles. The highest BCUT2D eigenvalue weighted by Crippen LogP contribution is 2.15. The summed E-state index contributed by atoms with van der Waals surface area (Å²) in [7, 11) is 1.25. The molecule has 0 spiro atoms. The van der Waals surface area contributed by atoms with E-state index in [1.165, 1.54) is 24.6 Å². The topological polar surface area (TPSA) is 49.7 Å². The van der Waals surface area contributed by atoms with Gasteiger partial charge in [-0.3, -0.25) is 4.99 Å². The lowest BCUT2D eigenvalue weighted by Gasteiger charge is -2.13. The fourth-order valence-corrected chi connectivity index (χ4v) is 2.10. The van der Waals surface area contributed by atoms with Gasteiger partial charge in [0, 0.05) is 27.4 Å². The zero-order valence-electron chi connectivity index (χ0n) is 9.40. The van der Waals surface area contributed by atoms with Crippen LogP contribution in [0.4, 0.5) is 0 Å². The average Bonchev–Trinajstić information content (AvgIpc) is 2.12. The molecule has 0 N–H and O–H groups in total. The predicted molar refractivity (Wildman–Crippen MR) is 60.0 cm³/mol. The van der Waals surface area contributed by atoms with Crippen LogP contribution in [0.2, 0.25) is 0 Å². The van der Waals surface area contributed by atoms with Crippen molar-refractivity contribution < 1.29 is 8.42 Å². The summed E-state index contributed by atoms with van der Waals surface area (Å²) < 4.78 is 24.8. The Labute approximate surface area is 86.4 Å². The Hall–Kier alpha value is -0.680. The van der Waals surface area contributed by atoms with E-state index in [4.69, 9.17) is 0 Å². The molecular formula is C9H18N2O2S. The molecule has 0 aliphatic heterocycles. The molecular weight excluding hydrogens is 200 g/mol. The maximum atomic E-state index is 11.8. The van der Waals surface area contributed by atoms with Gasteiger partial charge in [-0.05, 0) is 13.3 Å². The Morgan fingerprint density at radius 2 is 1.93 bits per heavy atom. The van der Waals surface area contributed by atoms with Crippen LogP contribution in [0.25, 0.3) is 0 Å². The van der Waals surface area contributed by atoms with E-state index in [0.29, 0.717) is 11.3 Å². The summed E-state index contributed by atoms with van der Waals surface area (Å²) in [5.74, 6) is 0. The molecule has 0 aliphatic rings. The van der Waals surface area contributed by atoms with E-state index in [1.807, 2.05) is 6.92 Å². The zero-order chi connectivity index (χ0) is 11.4. The van der Waals surface area contributed by atoms with Gasteiger partial charge in [-0.1, -0.05) is 12.5 Å². The molecule has 0 rings (SSSR count). The Morgan fingerprint density at radius 1 is 1.43 bits per heavy atom. The van der Waals surface area contributed by atoms with Gasteiger partial charge in [0.15, 0.2) is 0 Å². The molecule has 0 unspecified atom stereocenters. The van der Waals surface area contributed by atoms with Crippen LogP contribution >= 0.6 is 0 Å². The van der Waals surface area contributed by atoms with Gasteiger partial charge >= 0.3 is 0 Å². The molecule has 0 radical (unpaired) electrons. The van der Waals surface area contributed by atoms with Gasteiger partial charge in [0.05, 0.1) is 4.91 Å². The number of sulfonamides is 1. The van der Waals surface area contributed by atoms with E-state index in [1.54, 1.807) is 14.0 Å². The molecule has 0 aliphatic carbocycles. The lowest BCUT2D eigenvalue weighted by atomic mass is 10.2. The molecule has 0 aromatic rings. The molecule has 0 atom stereocenters. The highest BCUT2D eigenvalue weighted by Gasteiger charge is 2.20. The Bertz CT molecular complexity index is 340. The zero-order valence-corrected chi connectivity index (χ0v) is 10.2. The standard InChI is InChI=1S/C9H18N2O2S/c1-6-8(2)9(7-10-3)14(12,13)11(4)5/h7H,6H2,1-5H3/b9-8-,10-7?. The highest BCUT2D eigenvalue weighted by atomic mass is 32.2. The number of allylic oxidation sites excluding steroid dienone is 2. The smallest absolute Gasteiger partial charge is 0.244 e. The third kappa shape index (κ3) is 2.92. The number of hydrogen-bond acceptors (Lipinski definition) is 3. The largest absolute Gasteiger partial charge is 0.295 e. The maximum absolute atomic E-state index is 11.8. The van der Waals surface area contributed by atoms with Gasteiger partial charge in [0.25, 0.3) is 0 Å². The van der Waals surface area contributed by atoms with Gasteiger partial charge in [-0.15, -0.1) is 0 Å². The van der Waals surface area contributed by atoms with Crippen molar-refractivity contribution in [2.75, 3.05) is 21.1 Å². The van der Waals surface area contributed by atoms with E-state index in [9.17, 15) is 8.42 Å². The summed E-state index contributed by atoms with van der Waals surface area (Å²) in [4.78, 5) is 4.06. The molecule has 0 bridgehead atoms. The molecule has 82 valence electrons. The molecule has 0 amide bonds. The van der Waals surface area contributed by atoms with Crippen LogP contribution in [0.3, 0.4) is 0 Å². The second-order valence-electron chi connectivity index (χ2n) is 3.17. The molecule has 5 heteroatoms. The number of nitrogens with zero attached hydrogens (tertiary/aromatic N) is 2. The van der Waals surface area contributed by atoms with Crippen LogP contribution in [0, 0.1) is 0 Å². The molecule has 4 nitrogen and oxygen atoms in total. The highest BCUT2D eigenvalue weighted by molar-refractivity contribution is 7.93. The van der Waals surface area contributed by atoms with Crippen LogP contribution in [0.5, 0.6) is 0 Å². The first-order valence-electron chi connectivity index (χ1n) is 4.42. The minimum atomic E-state index is -3.35. The lowest BCUT2D eigenvalue weighted by molar-refractivity contribution is 0.529. The van der Waals surface area contributed by atoms with Crippen LogP contribution in [0.15, 0.2) is 15.5 Å². The summed E-state index contributed by atoms with van der Waals surface area (Å²) in [6, 6.07) is 0. The SMILES string of the molecule is CC/C(C)=C(/C=NC)S(=O)(=O)N(C)C. The molecule has 0 fully saturated rings. The van der Waals surface area contributed by atoms with Crippen LogP contribution in [-0.4, -0.2) is 40.1 Å². The van der Waals surface area contributed by atoms with Gasteiger partial charge in [0.2, 0.25) is 10.0 Å². The quantitative estimate of drug-likeness (QED) is 0.667. The van der Waals surface area contributed by atoms with Crippen molar-refractivity contribution in [3.05, 3.63) is 10.5 Å². The third-order valence-corrected chi connectivity index (χ3v) is 3.93. The first-order valence-corrected chi connectivity index (χ1v) is 5.86. The van der Waals surface area contributed by atoms with Crippen molar-refractivity contribution in [3.63, 3.8) is 0 Å². The summed E-state index contributed by atoms with van der Waals surface area (Å²) in [6.45, 7) is 3.72. The lowest BCUT2D eigenvalue weighted by Crippen LogP contribution is -2.25. The van der Waals surface area contributed by atoms with Crippen molar-refractivity contribution in [1.82, 2.24) is 4.31 Å². The fourth-order valence-electron chi connectivity index (χ4n) is 0.885. The molecule has 0 aromatic heterocycles. The second kappa shape index (κ2) is 5.26. The Balaban J connectivity index is 5.47. The summed E-state index contributed by atoms with van der Waals surface area (Å²) in [5, 5.41) is 0. The number of hydrogen-bond donors (Lipinski definition) is 0. The second-order valence-corrected chi connectivity index (χ2v) is 5.29. The monoisotopic (exact) mass is 218 g/mol. The predicted octanol–water partition coefficient (Wildman–Crippen LogP) is 1.26. The van der Waals surface area contributed by atoms with Gasteiger partial charge < -0.3 is 0 Å². The minimum Gasteiger partial charge on any atom is -0.295 e. The summed E-state index contributed by atoms with van der Waals surface area (Å²) >= 11 is 0. The summed E-state index contributed by atoms with van der Waals surface area (Å²) in [6.07, 6.45) is 2.10. The van der Waals surface area contributed by atoms with E-state index >= 15 is 0 Å². The molecule has 0 saturated heterocycles.